The van der Waals surface area contributed by atoms with Crippen molar-refractivity contribution in [3.05, 3.63) is 6.10 Å². The van der Waals surface area contributed by atoms with Gasteiger partial charge < -0.3 is 5.11 Å². The summed E-state index contributed by atoms with van der Waals surface area (Å²) < 4.78 is 0. The van der Waals surface area contributed by atoms with Gasteiger partial charge in [-0.3, -0.25) is 0 Å². The number of rotatable bonds is 0. The van der Waals surface area contributed by atoms with E-state index in [4.69, 9.17) is 5.11 Å². The number of aliphatic hydroxyl groups excluding tert-OH is 1. The smallest absolute Gasteiger partial charge is 0.563 e. The van der Waals surface area contributed by atoms with Gasteiger partial charge in [0.1, 0.15) is 0 Å². The fourth-order valence-corrected chi connectivity index (χ4v) is 0. The van der Waals surface area contributed by atoms with Gasteiger partial charge in [0.2, 0.25) is 0 Å². The molecule has 0 heterocycles. The van der Waals surface area contributed by atoms with E-state index in [0.29, 0.717) is 6.10 Å². The maximum atomic E-state index is 7.97. The van der Waals surface area contributed by atoms with Crippen LogP contribution in [0, 0.1) is 6.10 Å². The first-order valence-electron chi connectivity index (χ1n) is 1.22. The van der Waals surface area contributed by atoms with Gasteiger partial charge in [-0.05, 0) is 0 Å². The van der Waals surface area contributed by atoms with Gasteiger partial charge in [-0.1, -0.05) is 0 Å². The first-order chi connectivity index (χ1) is 1.73. The van der Waals surface area contributed by atoms with Gasteiger partial charge in [-0.2, -0.15) is 13.8 Å². The molecule has 0 saturated heterocycles. The summed E-state index contributed by atoms with van der Waals surface area (Å²) in [6, 6.07) is 0. The Hall–Kier alpha value is 0.583. The minimum atomic E-state index is 0. The van der Waals surface area contributed by atoms with E-state index < -0.39 is 0 Å². The molecule has 0 aliphatic heterocycles. The van der Waals surface area contributed by atoms with Gasteiger partial charge in [0.25, 0.3) is 0 Å². The molecule has 0 rings (SSSR count). The second-order valence-corrected chi connectivity index (χ2v) is 0.947. The molecule has 0 atom stereocenters. The Labute approximate surface area is 45.1 Å². The minimum Gasteiger partial charge on any atom is -0.563 e. The molecule has 0 fully saturated rings. The minimum absolute atomic E-state index is 0. The zero-order valence-electron chi connectivity index (χ0n) is 3.30. The summed E-state index contributed by atoms with van der Waals surface area (Å²) in [6.45, 7) is 3.28. The first kappa shape index (κ1) is 9.13. The number of hydrogen-bond donors (Lipinski definition) is 1. The fraction of sp³-hybridized carbons (Fsp3) is 0.667. The molecule has 0 aromatic carbocycles. The second kappa shape index (κ2) is 4.58. The largest absolute Gasteiger partial charge is 1.00 e. The van der Waals surface area contributed by atoms with E-state index in [1.807, 2.05) is 0 Å². The van der Waals surface area contributed by atoms with Crippen LogP contribution in [0.2, 0.25) is 0 Å². The fourth-order valence-electron chi connectivity index (χ4n) is 0. The van der Waals surface area contributed by atoms with Gasteiger partial charge >= 0.3 is 19.5 Å². The maximum Gasteiger partial charge on any atom is 1.00 e. The van der Waals surface area contributed by atoms with Crippen molar-refractivity contribution < 1.29 is 24.6 Å². The molecule has 0 bridgehead atoms. The third kappa shape index (κ3) is 89.9. The summed E-state index contributed by atoms with van der Waals surface area (Å²) in [6.07, 6.45) is 0.417. The molecule has 1 N–H and O–H groups in total. The van der Waals surface area contributed by atoms with E-state index in [2.05, 4.69) is 0 Å². The number of aliphatic hydroxyl groups is 1. The van der Waals surface area contributed by atoms with Gasteiger partial charge in [-0.15, -0.1) is 0 Å². The molecular weight excluding hydrogens is 153 g/mol. The van der Waals surface area contributed by atoms with E-state index in [9.17, 15) is 0 Å². The van der Waals surface area contributed by atoms with Crippen LogP contribution >= 0.6 is 0 Å². The van der Waals surface area contributed by atoms with Crippen molar-refractivity contribution >= 4 is 0 Å². The Morgan fingerprint density at radius 2 is 1.40 bits per heavy atom. The SMILES string of the molecule is C[C-](C)O.[Ru+]. The number of hydrogen-bond acceptors (Lipinski definition) is 1. The van der Waals surface area contributed by atoms with E-state index in [1.165, 1.54) is 0 Å². The van der Waals surface area contributed by atoms with E-state index in [0.717, 1.165) is 0 Å². The Kier molecular flexibility index (Phi) is 8.37. The Bertz CT molecular complexity index is 11.6. The summed E-state index contributed by atoms with van der Waals surface area (Å²) in [5.74, 6) is 0. The molecule has 0 aliphatic carbocycles. The summed E-state index contributed by atoms with van der Waals surface area (Å²) >= 11 is 0. The van der Waals surface area contributed by atoms with Gasteiger partial charge in [0.15, 0.2) is 0 Å². The van der Waals surface area contributed by atoms with Crippen LogP contribution in [0.3, 0.4) is 0 Å². The summed E-state index contributed by atoms with van der Waals surface area (Å²) in [4.78, 5) is 0. The van der Waals surface area contributed by atoms with Crippen LogP contribution in [0.4, 0.5) is 0 Å². The van der Waals surface area contributed by atoms with Crippen molar-refractivity contribution in [2.75, 3.05) is 0 Å². The van der Waals surface area contributed by atoms with Crippen LogP contribution in [0.5, 0.6) is 0 Å². The molecule has 2 heteroatoms. The molecule has 0 unspecified atom stereocenters. The van der Waals surface area contributed by atoms with Crippen molar-refractivity contribution in [1.82, 2.24) is 0 Å². The quantitative estimate of drug-likeness (QED) is 0.413. The summed E-state index contributed by atoms with van der Waals surface area (Å²) in [5, 5.41) is 7.97. The topological polar surface area (TPSA) is 20.2 Å². The zero-order chi connectivity index (χ0) is 3.58. The Morgan fingerprint density at radius 1 is 1.40 bits per heavy atom. The normalized spacial score (nSPS) is 7.20. The molecule has 0 saturated carbocycles. The molecule has 33 valence electrons. The molecule has 0 aliphatic rings. The van der Waals surface area contributed by atoms with E-state index >= 15 is 0 Å². The van der Waals surface area contributed by atoms with Crippen molar-refractivity contribution in [3.8, 4) is 0 Å². The third-order valence-corrected chi connectivity index (χ3v) is 0. The molecule has 5 heavy (non-hydrogen) atoms. The summed E-state index contributed by atoms with van der Waals surface area (Å²) in [5.41, 5.74) is 0. The maximum absolute atomic E-state index is 7.97. The average molecular weight is 160 g/mol. The standard InChI is InChI=1S/C3H7O.Ru/c1-3(2)4;/h4H,1-2H3;/q-1;+1. The van der Waals surface area contributed by atoms with Crippen LogP contribution in [-0.4, -0.2) is 5.11 Å². The van der Waals surface area contributed by atoms with E-state index in [-0.39, 0.29) is 19.5 Å². The molecular formula is C3H7ORu. The van der Waals surface area contributed by atoms with Crippen LogP contribution in [0.15, 0.2) is 0 Å². The van der Waals surface area contributed by atoms with Crippen molar-refractivity contribution in [2.24, 2.45) is 0 Å². The second-order valence-electron chi connectivity index (χ2n) is 0.947. The Balaban J connectivity index is 0. The van der Waals surface area contributed by atoms with Crippen molar-refractivity contribution in [3.63, 3.8) is 0 Å². The predicted molar refractivity (Wildman–Crippen MR) is 16.5 cm³/mol. The van der Waals surface area contributed by atoms with Crippen molar-refractivity contribution in [2.45, 2.75) is 13.8 Å². The van der Waals surface area contributed by atoms with Gasteiger partial charge in [-0.25, -0.2) is 6.10 Å². The molecule has 1 radical (unpaired) electrons. The molecule has 0 spiro atoms. The zero-order valence-corrected chi connectivity index (χ0v) is 5.04. The average Bonchev–Trinajstić information content (AvgIpc) is 0.811. The van der Waals surface area contributed by atoms with Crippen LogP contribution in [0.25, 0.3) is 0 Å². The van der Waals surface area contributed by atoms with Crippen LogP contribution in [0.1, 0.15) is 13.8 Å². The monoisotopic (exact) mass is 161 g/mol. The molecule has 0 aromatic heterocycles. The van der Waals surface area contributed by atoms with Gasteiger partial charge in [0, 0.05) is 0 Å². The molecule has 0 amide bonds. The molecule has 0 aromatic rings. The van der Waals surface area contributed by atoms with Gasteiger partial charge in [0.05, 0.1) is 0 Å². The van der Waals surface area contributed by atoms with Crippen LogP contribution in [-0.2, 0) is 19.5 Å². The molecule has 1 nitrogen and oxygen atoms in total. The van der Waals surface area contributed by atoms with E-state index in [1.54, 1.807) is 13.8 Å². The van der Waals surface area contributed by atoms with Crippen LogP contribution < -0.4 is 0 Å². The summed E-state index contributed by atoms with van der Waals surface area (Å²) in [7, 11) is 0. The third-order valence-electron chi connectivity index (χ3n) is 0. The predicted octanol–water partition coefficient (Wildman–Crippen LogP) is 0.928. The first-order valence-corrected chi connectivity index (χ1v) is 1.22. The Morgan fingerprint density at radius 3 is 1.40 bits per heavy atom. The van der Waals surface area contributed by atoms with Crippen molar-refractivity contribution in [1.29, 1.82) is 0 Å².